The first-order valence-corrected chi connectivity index (χ1v) is 3.62. The molecule has 0 bridgehead atoms. The molecule has 0 atom stereocenters. The lowest BCUT2D eigenvalue weighted by atomic mass is 10.6. The van der Waals surface area contributed by atoms with Crippen LogP contribution in [0.3, 0.4) is 0 Å². The number of nitrogens with zero attached hydrogens (tertiary/aromatic N) is 3. The smallest absolute Gasteiger partial charge is 0.229 e. The van der Waals surface area contributed by atoms with Gasteiger partial charge in [-0.25, -0.2) is 0 Å². The fraction of sp³-hybridized carbons (Fsp3) is 0.167. The van der Waals surface area contributed by atoms with Crippen LogP contribution in [0, 0.1) is 0 Å². The highest BCUT2D eigenvalue weighted by molar-refractivity contribution is 6.28. The molecule has 0 spiro atoms. The molecule has 0 saturated carbocycles. The van der Waals surface area contributed by atoms with Crippen molar-refractivity contribution in [3.8, 4) is 0 Å². The maximum absolute atomic E-state index is 5.52. The predicted octanol–water partition coefficient (Wildman–Crippen LogP) is 0.705. The van der Waals surface area contributed by atoms with Gasteiger partial charge in [0.2, 0.25) is 17.2 Å². The first-order valence-electron chi connectivity index (χ1n) is 3.24. The minimum atomic E-state index is 0.0778. The van der Waals surface area contributed by atoms with Crippen molar-refractivity contribution in [2.45, 2.75) is 0 Å². The zero-order valence-electron chi connectivity index (χ0n) is 6.29. The zero-order valence-corrected chi connectivity index (χ0v) is 7.04. The topological polar surface area (TPSA) is 76.7 Å². The van der Waals surface area contributed by atoms with Gasteiger partial charge in [0, 0.05) is 6.54 Å². The molecule has 6 heteroatoms. The third-order valence-electron chi connectivity index (χ3n) is 1.03. The van der Waals surface area contributed by atoms with Crippen LogP contribution in [0.15, 0.2) is 12.7 Å². The van der Waals surface area contributed by atoms with Crippen LogP contribution in [-0.2, 0) is 0 Å². The summed E-state index contributed by atoms with van der Waals surface area (Å²) in [5, 5.41) is 2.91. The lowest BCUT2D eigenvalue weighted by molar-refractivity contribution is 1.05. The Morgan fingerprint density at radius 1 is 1.50 bits per heavy atom. The van der Waals surface area contributed by atoms with Gasteiger partial charge in [0.1, 0.15) is 0 Å². The molecule has 0 aliphatic heterocycles. The van der Waals surface area contributed by atoms with Crippen molar-refractivity contribution in [1.29, 1.82) is 0 Å². The second-order valence-corrected chi connectivity index (χ2v) is 2.29. The first-order chi connectivity index (χ1) is 5.72. The molecule has 0 saturated heterocycles. The molecule has 5 nitrogen and oxygen atoms in total. The van der Waals surface area contributed by atoms with Crippen molar-refractivity contribution in [1.82, 2.24) is 15.0 Å². The molecule has 12 heavy (non-hydrogen) atoms. The van der Waals surface area contributed by atoms with E-state index in [0.717, 1.165) is 0 Å². The molecule has 0 aromatic carbocycles. The highest BCUT2D eigenvalue weighted by Crippen LogP contribution is 2.05. The normalized spacial score (nSPS) is 9.42. The maximum Gasteiger partial charge on any atom is 0.229 e. The molecule has 1 aromatic heterocycles. The van der Waals surface area contributed by atoms with Crippen LogP contribution >= 0.6 is 11.6 Å². The second kappa shape index (κ2) is 3.87. The Hall–Kier alpha value is -1.36. The third-order valence-corrected chi connectivity index (χ3v) is 1.20. The average Bonchev–Trinajstić information content (AvgIpc) is 1.99. The monoisotopic (exact) mass is 185 g/mol. The number of nitrogens with two attached hydrogens (primary N) is 1. The van der Waals surface area contributed by atoms with Crippen molar-refractivity contribution in [3.63, 3.8) is 0 Å². The summed E-state index contributed by atoms with van der Waals surface area (Å²) in [6.45, 7) is 4.08. The number of hydrogen-bond acceptors (Lipinski definition) is 5. The van der Waals surface area contributed by atoms with E-state index in [1.165, 1.54) is 0 Å². The van der Waals surface area contributed by atoms with Gasteiger partial charge >= 0.3 is 0 Å². The van der Waals surface area contributed by atoms with Crippen molar-refractivity contribution in [2.24, 2.45) is 0 Å². The summed E-state index contributed by atoms with van der Waals surface area (Å²) in [6, 6.07) is 0. The summed E-state index contributed by atoms with van der Waals surface area (Å²) in [7, 11) is 0. The summed E-state index contributed by atoms with van der Waals surface area (Å²) in [4.78, 5) is 11.2. The summed E-state index contributed by atoms with van der Waals surface area (Å²) in [5.74, 6) is 0.453. The lowest BCUT2D eigenvalue weighted by Crippen LogP contribution is -2.06. The van der Waals surface area contributed by atoms with Crippen LogP contribution in [0.5, 0.6) is 0 Å². The second-order valence-electron chi connectivity index (χ2n) is 1.96. The third kappa shape index (κ3) is 2.35. The van der Waals surface area contributed by atoms with Crippen LogP contribution in [-0.4, -0.2) is 21.5 Å². The predicted molar refractivity (Wildman–Crippen MR) is 47.9 cm³/mol. The van der Waals surface area contributed by atoms with E-state index in [2.05, 4.69) is 26.8 Å². The largest absolute Gasteiger partial charge is 0.368 e. The molecular weight excluding hydrogens is 178 g/mol. The Morgan fingerprint density at radius 3 is 2.83 bits per heavy atom. The number of nitrogens with one attached hydrogen (secondary N) is 1. The molecule has 64 valence electrons. The summed E-state index contributed by atoms with van der Waals surface area (Å²) >= 11 is 5.52. The Balaban J connectivity index is 2.78. The van der Waals surface area contributed by atoms with E-state index in [4.69, 9.17) is 17.3 Å². The SMILES string of the molecule is C=CCNc1nc(N)nc(Cl)n1. The highest BCUT2D eigenvalue weighted by atomic mass is 35.5. The van der Waals surface area contributed by atoms with Crippen molar-refractivity contribution >= 4 is 23.5 Å². The molecule has 1 heterocycles. The Morgan fingerprint density at radius 2 is 2.25 bits per heavy atom. The lowest BCUT2D eigenvalue weighted by Gasteiger charge is -2.00. The minimum absolute atomic E-state index is 0.0778. The van der Waals surface area contributed by atoms with Crippen molar-refractivity contribution in [3.05, 3.63) is 17.9 Å². The molecule has 0 amide bonds. The van der Waals surface area contributed by atoms with E-state index >= 15 is 0 Å². The van der Waals surface area contributed by atoms with Gasteiger partial charge in [-0.3, -0.25) is 0 Å². The van der Waals surface area contributed by atoms with Crippen molar-refractivity contribution in [2.75, 3.05) is 17.6 Å². The molecule has 0 aliphatic carbocycles. The van der Waals surface area contributed by atoms with Gasteiger partial charge in [-0.05, 0) is 11.6 Å². The van der Waals surface area contributed by atoms with E-state index < -0.39 is 0 Å². The van der Waals surface area contributed by atoms with E-state index in [9.17, 15) is 0 Å². The molecule has 1 rings (SSSR count). The number of anilines is 2. The van der Waals surface area contributed by atoms with Gasteiger partial charge in [0.15, 0.2) is 0 Å². The summed E-state index contributed by atoms with van der Waals surface area (Å²) < 4.78 is 0. The van der Waals surface area contributed by atoms with Gasteiger partial charge in [-0.1, -0.05) is 6.08 Å². The number of hydrogen-bond donors (Lipinski definition) is 2. The highest BCUT2D eigenvalue weighted by Gasteiger charge is 1.99. The van der Waals surface area contributed by atoms with E-state index in [0.29, 0.717) is 12.5 Å². The first kappa shape index (κ1) is 8.73. The van der Waals surface area contributed by atoms with Gasteiger partial charge in [0.25, 0.3) is 0 Å². The standard InChI is InChI=1S/C6H8ClN5/c1-2-3-9-6-11-4(7)10-5(8)12-6/h2H,1,3H2,(H3,8,9,10,11,12). The molecule has 0 aliphatic rings. The summed E-state index contributed by atoms with van der Waals surface area (Å²) in [6.07, 6.45) is 1.67. The van der Waals surface area contributed by atoms with Crippen LogP contribution in [0.25, 0.3) is 0 Å². The van der Waals surface area contributed by atoms with Gasteiger partial charge in [0.05, 0.1) is 0 Å². The van der Waals surface area contributed by atoms with Gasteiger partial charge in [-0.2, -0.15) is 15.0 Å². The zero-order chi connectivity index (χ0) is 8.97. The molecule has 0 radical (unpaired) electrons. The molecule has 0 unspecified atom stereocenters. The molecule has 1 aromatic rings. The van der Waals surface area contributed by atoms with Gasteiger partial charge < -0.3 is 11.1 Å². The van der Waals surface area contributed by atoms with Crippen LogP contribution < -0.4 is 11.1 Å². The quantitative estimate of drug-likeness (QED) is 0.679. The van der Waals surface area contributed by atoms with E-state index in [1.54, 1.807) is 6.08 Å². The summed E-state index contributed by atoms with van der Waals surface area (Å²) in [5.41, 5.74) is 5.32. The number of nitrogen functional groups attached to an aromatic ring is 1. The van der Waals surface area contributed by atoms with Crippen molar-refractivity contribution < 1.29 is 0 Å². The van der Waals surface area contributed by atoms with E-state index in [-0.39, 0.29) is 11.2 Å². The minimum Gasteiger partial charge on any atom is -0.368 e. The Labute approximate surface area is 74.7 Å². The van der Waals surface area contributed by atoms with E-state index in [1.807, 2.05) is 0 Å². The Kier molecular flexibility index (Phi) is 2.82. The molecule has 3 N–H and O–H groups in total. The average molecular weight is 186 g/mol. The maximum atomic E-state index is 5.52. The number of rotatable bonds is 3. The van der Waals surface area contributed by atoms with Gasteiger partial charge in [-0.15, -0.1) is 6.58 Å². The molecule has 0 fully saturated rings. The fourth-order valence-corrected chi connectivity index (χ4v) is 0.775. The number of halogens is 1. The fourth-order valence-electron chi connectivity index (χ4n) is 0.608. The van der Waals surface area contributed by atoms with Crippen LogP contribution in [0.4, 0.5) is 11.9 Å². The molecular formula is C6H8ClN5. The number of aromatic nitrogens is 3. The van der Waals surface area contributed by atoms with Crippen LogP contribution in [0.2, 0.25) is 5.28 Å². The Bertz CT molecular complexity index is 267. The van der Waals surface area contributed by atoms with Crippen LogP contribution in [0.1, 0.15) is 0 Å².